The lowest BCUT2D eigenvalue weighted by Crippen LogP contribution is -2.14. The van der Waals surface area contributed by atoms with Gasteiger partial charge >= 0.3 is 0 Å². The molecule has 7 nitrogen and oxygen atoms in total. The Labute approximate surface area is 160 Å². The molecule has 0 fully saturated rings. The second-order valence-corrected chi connectivity index (χ2v) is 6.26. The Morgan fingerprint density at radius 2 is 2.11 bits per heavy atom. The van der Waals surface area contributed by atoms with Crippen molar-refractivity contribution in [2.45, 2.75) is 12.1 Å². The summed E-state index contributed by atoms with van der Waals surface area (Å²) >= 11 is 1.13. The number of hydrogen-bond acceptors (Lipinski definition) is 7. The minimum Gasteiger partial charge on any atom is -0.493 e. The van der Waals surface area contributed by atoms with Crippen LogP contribution in [0.4, 0.5) is 5.69 Å². The molecular weight excluding hydrogens is 364 g/mol. The van der Waals surface area contributed by atoms with E-state index in [0.29, 0.717) is 35.1 Å². The van der Waals surface area contributed by atoms with Gasteiger partial charge < -0.3 is 14.5 Å². The summed E-state index contributed by atoms with van der Waals surface area (Å²) in [6.07, 6.45) is 0. The third-order valence-electron chi connectivity index (χ3n) is 3.43. The van der Waals surface area contributed by atoms with Gasteiger partial charge in [-0.05, 0) is 37.3 Å². The fourth-order valence-corrected chi connectivity index (χ4v) is 2.86. The number of carbonyl (C=O) groups is 1. The highest BCUT2D eigenvalue weighted by atomic mass is 32.2. The smallest absolute Gasteiger partial charge is 0.277 e. The molecule has 1 amide bonds. The highest BCUT2D eigenvalue weighted by Gasteiger charge is 2.14. The number of benzene rings is 2. The summed E-state index contributed by atoms with van der Waals surface area (Å²) < 4.78 is 11.2. The number of anilines is 1. The van der Waals surface area contributed by atoms with Crippen LogP contribution in [0.3, 0.4) is 0 Å². The van der Waals surface area contributed by atoms with Crippen molar-refractivity contribution in [3.8, 4) is 23.3 Å². The molecule has 0 saturated heterocycles. The molecule has 0 aliphatic carbocycles. The van der Waals surface area contributed by atoms with Crippen molar-refractivity contribution >= 4 is 23.4 Å². The standard InChI is InChI=1S/C19H16N4O3S/c1-2-25-16-9-4-3-8-15(16)18-22-23-19(26-18)27-12-17(24)21-14-7-5-6-13(10-14)11-20/h3-10H,2,12H2,1H3,(H,21,24). The molecule has 0 saturated carbocycles. The van der Waals surface area contributed by atoms with Gasteiger partial charge in [0.2, 0.25) is 5.91 Å². The van der Waals surface area contributed by atoms with Gasteiger partial charge in [-0.3, -0.25) is 4.79 Å². The minimum absolute atomic E-state index is 0.103. The van der Waals surface area contributed by atoms with Crippen LogP contribution in [0, 0.1) is 11.3 Å². The van der Waals surface area contributed by atoms with Crippen LogP contribution < -0.4 is 10.1 Å². The van der Waals surface area contributed by atoms with Crippen molar-refractivity contribution < 1.29 is 13.9 Å². The molecule has 3 aromatic rings. The molecule has 1 aromatic heterocycles. The lowest BCUT2D eigenvalue weighted by molar-refractivity contribution is -0.113. The minimum atomic E-state index is -0.232. The van der Waals surface area contributed by atoms with Crippen molar-refractivity contribution in [2.75, 3.05) is 17.7 Å². The molecule has 0 unspecified atom stereocenters. The number of thioether (sulfide) groups is 1. The van der Waals surface area contributed by atoms with E-state index in [-0.39, 0.29) is 16.9 Å². The van der Waals surface area contributed by atoms with Gasteiger partial charge in [0.1, 0.15) is 5.75 Å². The molecule has 2 aromatic carbocycles. The number of aromatic nitrogens is 2. The van der Waals surface area contributed by atoms with E-state index in [1.807, 2.05) is 37.3 Å². The number of nitrogens with zero attached hydrogens (tertiary/aromatic N) is 3. The highest BCUT2D eigenvalue weighted by Crippen LogP contribution is 2.30. The molecule has 0 bridgehead atoms. The maximum Gasteiger partial charge on any atom is 0.277 e. The molecule has 0 atom stereocenters. The molecular formula is C19H16N4O3S. The van der Waals surface area contributed by atoms with Crippen LogP contribution in [0.25, 0.3) is 11.5 Å². The summed E-state index contributed by atoms with van der Waals surface area (Å²) in [6, 6.07) is 16.1. The van der Waals surface area contributed by atoms with Gasteiger partial charge in [0.05, 0.1) is 29.6 Å². The number of nitrogens with one attached hydrogen (secondary N) is 1. The summed E-state index contributed by atoms with van der Waals surface area (Å²) in [5.41, 5.74) is 1.75. The first kappa shape index (κ1) is 18.5. The average Bonchev–Trinajstić information content (AvgIpc) is 3.16. The molecule has 0 aliphatic heterocycles. The number of carbonyl (C=O) groups excluding carboxylic acids is 1. The zero-order valence-corrected chi connectivity index (χ0v) is 15.3. The monoisotopic (exact) mass is 380 g/mol. The first-order valence-corrected chi connectivity index (χ1v) is 9.16. The number of amides is 1. The van der Waals surface area contributed by atoms with E-state index in [0.717, 1.165) is 11.8 Å². The van der Waals surface area contributed by atoms with Crippen LogP contribution in [0.15, 0.2) is 58.2 Å². The third kappa shape index (κ3) is 4.86. The van der Waals surface area contributed by atoms with E-state index >= 15 is 0 Å². The fourth-order valence-electron chi connectivity index (χ4n) is 2.29. The predicted octanol–water partition coefficient (Wildman–Crippen LogP) is 3.74. The zero-order chi connectivity index (χ0) is 19.1. The number of para-hydroxylation sites is 1. The average molecular weight is 380 g/mol. The lowest BCUT2D eigenvalue weighted by Gasteiger charge is -2.06. The molecule has 0 aliphatic rings. The molecule has 0 spiro atoms. The van der Waals surface area contributed by atoms with E-state index in [9.17, 15) is 4.79 Å². The Morgan fingerprint density at radius 1 is 1.26 bits per heavy atom. The largest absolute Gasteiger partial charge is 0.493 e. The maximum atomic E-state index is 12.1. The van der Waals surface area contributed by atoms with Crippen molar-refractivity contribution in [2.24, 2.45) is 0 Å². The Bertz CT molecular complexity index is 981. The summed E-state index contributed by atoms with van der Waals surface area (Å²) in [4.78, 5) is 12.1. The second-order valence-electron chi connectivity index (χ2n) is 5.33. The highest BCUT2D eigenvalue weighted by molar-refractivity contribution is 7.99. The first-order valence-electron chi connectivity index (χ1n) is 8.18. The summed E-state index contributed by atoms with van der Waals surface area (Å²) in [6.45, 7) is 2.43. The van der Waals surface area contributed by atoms with Crippen molar-refractivity contribution in [3.05, 3.63) is 54.1 Å². The van der Waals surface area contributed by atoms with Crippen LogP contribution in [0.5, 0.6) is 5.75 Å². The first-order chi connectivity index (χ1) is 13.2. The molecule has 1 heterocycles. The zero-order valence-electron chi connectivity index (χ0n) is 14.5. The van der Waals surface area contributed by atoms with Gasteiger partial charge in [0, 0.05) is 5.69 Å². The normalized spacial score (nSPS) is 10.2. The Morgan fingerprint density at radius 3 is 2.93 bits per heavy atom. The van der Waals surface area contributed by atoms with E-state index < -0.39 is 0 Å². The SMILES string of the molecule is CCOc1ccccc1-c1nnc(SCC(=O)Nc2cccc(C#N)c2)o1. The molecule has 0 radical (unpaired) electrons. The molecule has 3 rings (SSSR count). The summed E-state index contributed by atoms with van der Waals surface area (Å²) in [5.74, 6) is 0.870. The number of ether oxygens (including phenoxy) is 1. The Balaban J connectivity index is 1.61. The Hall–Kier alpha value is -3.31. The van der Waals surface area contributed by atoms with Gasteiger partial charge in [-0.25, -0.2) is 0 Å². The summed E-state index contributed by atoms with van der Waals surface area (Å²) in [5, 5.41) is 19.9. The number of nitriles is 1. The van der Waals surface area contributed by atoms with Gasteiger partial charge in [-0.1, -0.05) is 30.0 Å². The van der Waals surface area contributed by atoms with Crippen LogP contribution in [0.1, 0.15) is 12.5 Å². The molecule has 136 valence electrons. The molecule has 8 heteroatoms. The van der Waals surface area contributed by atoms with Crippen molar-refractivity contribution in [3.63, 3.8) is 0 Å². The van der Waals surface area contributed by atoms with E-state index in [4.69, 9.17) is 14.4 Å². The molecule has 1 N–H and O–H groups in total. The van der Waals surface area contributed by atoms with Crippen molar-refractivity contribution in [1.29, 1.82) is 5.26 Å². The van der Waals surface area contributed by atoms with Gasteiger partial charge in [-0.2, -0.15) is 5.26 Å². The van der Waals surface area contributed by atoms with Gasteiger partial charge in [0.25, 0.3) is 11.1 Å². The Kier molecular flexibility index (Phi) is 6.07. The van der Waals surface area contributed by atoms with Crippen molar-refractivity contribution in [1.82, 2.24) is 10.2 Å². The third-order valence-corrected chi connectivity index (χ3v) is 4.24. The maximum absolute atomic E-state index is 12.1. The van der Waals surface area contributed by atoms with E-state index in [1.165, 1.54) is 0 Å². The second kappa shape index (κ2) is 8.87. The summed E-state index contributed by atoms with van der Waals surface area (Å²) in [7, 11) is 0. The topological polar surface area (TPSA) is 101 Å². The van der Waals surface area contributed by atoms with Crippen LogP contribution in [-0.4, -0.2) is 28.5 Å². The number of rotatable bonds is 7. The van der Waals surface area contributed by atoms with Gasteiger partial charge in [-0.15, -0.1) is 10.2 Å². The van der Waals surface area contributed by atoms with E-state index in [1.54, 1.807) is 24.3 Å². The fraction of sp³-hybridized carbons (Fsp3) is 0.158. The number of hydrogen-bond donors (Lipinski definition) is 1. The van der Waals surface area contributed by atoms with Gasteiger partial charge in [0.15, 0.2) is 0 Å². The van der Waals surface area contributed by atoms with Crippen LogP contribution in [0.2, 0.25) is 0 Å². The quantitative estimate of drug-likeness (QED) is 0.623. The van der Waals surface area contributed by atoms with E-state index in [2.05, 4.69) is 15.5 Å². The van der Waals surface area contributed by atoms with Crippen LogP contribution >= 0.6 is 11.8 Å². The lowest BCUT2D eigenvalue weighted by atomic mass is 10.2. The van der Waals surface area contributed by atoms with Crippen LogP contribution in [-0.2, 0) is 4.79 Å². The predicted molar refractivity (Wildman–Crippen MR) is 101 cm³/mol. The molecule has 27 heavy (non-hydrogen) atoms.